The van der Waals surface area contributed by atoms with Crippen LogP contribution in [0.25, 0.3) is 6.08 Å². The molecule has 1 unspecified atom stereocenters. The van der Waals surface area contributed by atoms with Gasteiger partial charge in [-0.3, -0.25) is 0 Å². The van der Waals surface area contributed by atoms with Gasteiger partial charge in [0.15, 0.2) is 0 Å². The van der Waals surface area contributed by atoms with E-state index in [1.54, 1.807) is 6.20 Å². The highest BCUT2D eigenvalue weighted by Crippen LogP contribution is 2.25. The molecule has 1 N–H and O–H groups in total. The summed E-state index contributed by atoms with van der Waals surface area (Å²) in [5.41, 5.74) is 2.12. The number of carbonyl (C=O) groups excluding carboxylic acids is 1. The van der Waals surface area contributed by atoms with Gasteiger partial charge in [-0.25, -0.2) is 0 Å². The van der Waals surface area contributed by atoms with Crippen LogP contribution in [-0.2, 0) is 4.79 Å². The topological polar surface area (TPSA) is 29.1 Å². The molecule has 0 amide bonds. The fraction of sp³-hybridized carbons (Fsp3) is 0.100. The van der Waals surface area contributed by atoms with Gasteiger partial charge >= 0.3 is 0 Å². The second-order valence-corrected chi connectivity index (χ2v) is 3.80. The fourth-order valence-electron chi connectivity index (χ4n) is 1.41. The fourth-order valence-corrected chi connectivity index (χ4v) is 1.79. The summed E-state index contributed by atoms with van der Waals surface area (Å²) in [6, 6.07) is 5.71. The molecule has 3 heteroatoms. The zero-order chi connectivity index (χ0) is 9.26. The molecule has 0 bridgehead atoms. The Balaban J connectivity index is 2.54. The number of halogens is 1. The molecule has 0 spiro atoms. The van der Waals surface area contributed by atoms with E-state index in [0.717, 1.165) is 21.9 Å². The minimum Gasteiger partial charge on any atom is -0.378 e. The summed E-state index contributed by atoms with van der Waals surface area (Å²) in [5.74, 6) is 0. The summed E-state index contributed by atoms with van der Waals surface area (Å²) < 4.78 is 0.996. The lowest BCUT2D eigenvalue weighted by Crippen LogP contribution is -2.20. The van der Waals surface area contributed by atoms with Crippen LogP contribution in [0.2, 0.25) is 0 Å². The average molecular weight is 238 g/mol. The number of carbonyl (C=O) groups is 1. The molecule has 1 aromatic carbocycles. The van der Waals surface area contributed by atoms with E-state index in [1.807, 2.05) is 24.3 Å². The maximum Gasteiger partial charge on any atom is 0.146 e. The molecule has 1 aliphatic heterocycles. The van der Waals surface area contributed by atoms with Crippen molar-refractivity contribution in [3.8, 4) is 0 Å². The van der Waals surface area contributed by atoms with Crippen LogP contribution in [-0.4, -0.2) is 6.29 Å². The predicted octanol–water partition coefficient (Wildman–Crippen LogP) is 2.26. The van der Waals surface area contributed by atoms with Crippen molar-refractivity contribution >= 4 is 28.3 Å². The monoisotopic (exact) mass is 237 g/mol. The Labute approximate surface area is 84.8 Å². The molecular weight excluding hydrogens is 230 g/mol. The first-order chi connectivity index (χ1) is 6.31. The van der Waals surface area contributed by atoms with Gasteiger partial charge in [-0.15, -0.1) is 0 Å². The zero-order valence-electron chi connectivity index (χ0n) is 6.83. The van der Waals surface area contributed by atoms with E-state index >= 15 is 0 Å². The molecule has 66 valence electrons. The first kappa shape index (κ1) is 8.51. The third-order valence-electron chi connectivity index (χ3n) is 2.06. The molecule has 1 atom stereocenters. The lowest BCUT2D eigenvalue weighted by atomic mass is 9.99. The highest BCUT2D eigenvalue weighted by molar-refractivity contribution is 9.10. The molecule has 1 heterocycles. The quantitative estimate of drug-likeness (QED) is 0.760. The highest BCUT2D eigenvalue weighted by Gasteiger charge is 2.14. The molecule has 0 saturated carbocycles. The standard InChI is InChI=1S/C10H8BrNO/c11-8-2-1-7-3-4-12-10(6-13)9(7)5-8/h1-6,10,12H. The Hall–Kier alpha value is -1.09. The van der Waals surface area contributed by atoms with Crippen LogP contribution in [0.4, 0.5) is 0 Å². The molecular formula is C10H8BrNO. The van der Waals surface area contributed by atoms with E-state index in [0.29, 0.717) is 0 Å². The summed E-state index contributed by atoms with van der Waals surface area (Å²) in [6.07, 6.45) is 4.67. The number of benzene rings is 1. The maximum atomic E-state index is 10.7. The van der Waals surface area contributed by atoms with E-state index in [9.17, 15) is 4.79 Å². The van der Waals surface area contributed by atoms with Gasteiger partial charge < -0.3 is 10.1 Å². The maximum absolute atomic E-state index is 10.7. The van der Waals surface area contributed by atoms with Crippen LogP contribution in [0.15, 0.2) is 28.9 Å². The summed E-state index contributed by atoms with van der Waals surface area (Å²) >= 11 is 3.38. The molecule has 13 heavy (non-hydrogen) atoms. The second kappa shape index (κ2) is 3.34. The Bertz CT molecular complexity index is 373. The number of nitrogens with one attached hydrogen (secondary N) is 1. The first-order valence-electron chi connectivity index (χ1n) is 3.98. The smallest absolute Gasteiger partial charge is 0.146 e. The van der Waals surface area contributed by atoms with E-state index in [2.05, 4.69) is 21.2 Å². The van der Waals surface area contributed by atoms with Crippen LogP contribution in [0.3, 0.4) is 0 Å². The lowest BCUT2D eigenvalue weighted by Gasteiger charge is -2.18. The van der Waals surface area contributed by atoms with Crippen LogP contribution in [0, 0.1) is 0 Å². The van der Waals surface area contributed by atoms with Crippen molar-refractivity contribution < 1.29 is 4.79 Å². The van der Waals surface area contributed by atoms with Crippen molar-refractivity contribution in [1.82, 2.24) is 5.32 Å². The number of hydrogen-bond acceptors (Lipinski definition) is 2. The highest BCUT2D eigenvalue weighted by atomic mass is 79.9. The van der Waals surface area contributed by atoms with Crippen molar-refractivity contribution in [3.05, 3.63) is 40.0 Å². The number of fused-ring (bicyclic) bond motifs is 1. The molecule has 0 saturated heterocycles. The third-order valence-corrected chi connectivity index (χ3v) is 2.55. The molecule has 0 radical (unpaired) electrons. The van der Waals surface area contributed by atoms with Crippen LogP contribution >= 0.6 is 15.9 Å². The predicted molar refractivity (Wildman–Crippen MR) is 55.1 cm³/mol. The van der Waals surface area contributed by atoms with Crippen molar-refractivity contribution in [3.63, 3.8) is 0 Å². The van der Waals surface area contributed by atoms with Crippen LogP contribution < -0.4 is 5.32 Å². The lowest BCUT2D eigenvalue weighted by molar-refractivity contribution is -0.109. The van der Waals surface area contributed by atoms with E-state index in [4.69, 9.17) is 0 Å². The summed E-state index contributed by atoms with van der Waals surface area (Å²) in [4.78, 5) is 10.7. The molecule has 1 aromatic rings. The second-order valence-electron chi connectivity index (χ2n) is 2.89. The van der Waals surface area contributed by atoms with E-state index < -0.39 is 0 Å². The normalized spacial score (nSPS) is 19.0. The van der Waals surface area contributed by atoms with Crippen molar-refractivity contribution in [2.45, 2.75) is 6.04 Å². The SMILES string of the molecule is O=CC1NC=Cc2ccc(Br)cc21. The van der Waals surface area contributed by atoms with Crippen LogP contribution in [0.1, 0.15) is 17.2 Å². The van der Waals surface area contributed by atoms with Gasteiger partial charge in [-0.1, -0.05) is 22.0 Å². The zero-order valence-corrected chi connectivity index (χ0v) is 8.41. The van der Waals surface area contributed by atoms with E-state index in [1.165, 1.54) is 0 Å². The van der Waals surface area contributed by atoms with Gasteiger partial charge in [0, 0.05) is 4.47 Å². The van der Waals surface area contributed by atoms with Crippen molar-refractivity contribution in [1.29, 1.82) is 0 Å². The molecule has 0 aromatic heterocycles. The minimum atomic E-state index is -0.211. The molecule has 0 fully saturated rings. The Kier molecular flexibility index (Phi) is 2.19. The minimum absolute atomic E-state index is 0.211. The number of aldehydes is 1. The largest absolute Gasteiger partial charge is 0.378 e. The number of hydrogen-bond donors (Lipinski definition) is 1. The first-order valence-corrected chi connectivity index (χ1v) is 4.78. The van der Waals surface area contributed by atoms with Crippen molar-refractivity contribution in [2.75, 3.05) is 0 Å². The Morgan fingerprint density at radius 2 is 2.31 bits per heavy atom. The van der Waals surface area contributed by atoms with Gasteiger partial charge in [-0.05, 0) is 35.5 Å². The molecule has 1 aliphatic rings. The molecule has 2 rings (SSSR count). The van der Waals surface area contributed by atoms with Gasteiger partial charge in [0.05, 0.1) is 0 Å². The third kappa shape index (κ3) is 1.52. The summed E-state index contributed by atoms with van der Waals surface area (Å²) in [5, 5.41) is 2.98. The summed E-state index contributed by atoms with van der Waals surface area (Å²) in [7, 11) is 0. The number of rotatable bonds is 1. The molecule has 0 aliphatic carbocycles. The van der Waals surface area contributed by atoms with Crippen LogP contribution in [0.5, 0.6) is 0 Å². The van der Waals surface area contributed by atoms with Gasteiger partial charge in [0.1, 0.15) is 12.3 Å². The summed E-state index contributed by atoms with van der Waals surface area (Å²) in [6.45, 7) is 0. The Morgan fingerprint density at radius 3 is 3.08 bits per heavy atom. The molecule has 2 nitrogen and oxygen atoms in total. The van der Waals surface area contributed by atoms with Gasteiger partial charge in [0.2, 0.25) is 0 Å². The average Bonchev–Trinajstić information content (AvgIpc) is 2.17. The van der Waals surface area contributed by atoms with Gasteiger partial charge in [0.25, 0.3) is 0 Å². The Morgan fingerprint density at radius 1 is 1.46 bits per heavy atom. The van der Waals surface area contributed by atoms with Crippen molar-refractivity contribution in [2.24, 2.45) is 0 Å². The van der Waals surface area contributed by atoms with Gasteiger partial charge in [-0.2, -0.15) is 0 Å². The van der Waals surface area contributed by atoms with E-state index in [-0.39, 0.29) is 6.04 Å².